The van der Waals surface area contributed by atoms with E-state index in [9.17, 15) is 26.4 Å². The highest BCUT2D eigenvalue weighted by atomic mass is 32.2. The van der Waals surface area contributed by atoms with Crippen LogP contribution in [-0.4, -0.2) is 48.6 Å². The van der Waals surface area contributed by atoms with Crippen LogP contribution in [0.3, 0.4) is 0 Å². The molecule has 0 radical (unpaired) electrons. The Morgan fingerprint density at radius 1 is 1.13 bits per heavy atom. The van der Waals surface area contributed by atoms with Crippen molar-refractivity contribution in [2.75, 3.05) is 28.2 Å². The molecule has 1 saturated carbocycles. The quantitative estimate of drug-likeness (QED) is 0.366. The summed E-state index contributed by atoms with van der Waals surface area (Å²) in [4.78, 5) is 24.1. The Kier molecular flexibility index (Phi) is 7.71. The fourth-order valence-electron chi connectivity index (χ4n) is 3.63. The van der Waals surface area contributed by atoms with Gasteiger partial charge in [0.25, 0.3) is 5.91 Å². The Morgan fingerprint density at radius 3 is 2.45 bits per heavy atom. The fourth-order valence-corrected chi connectivity index (χ4v) is 4.11. The highest BCUT2D eigenvalue weighted by Crippen LogP contribution is 2.34. The molecule has 14 heteroatoms. The third-order valence-corrected chi connectivity index (χ3v) is 7.22. The Labute approximate surface area is 217 Å². The van der Waals surface area contributed by atoms with E-state index < -0.39 is 27.6 Å². The topological polar surface area (TPSA) is 129 Å². The number of benzene rings is 1. The number of hydrogen-bond donors (Lipinski definition) is 3. The van der Waals surface area contributed by atoms with E-state index in [-0.39, 0.29) is 30.3 Å². The van der Waals surface area contributed by atoms with E-state index in [0.717, 1.165) is 29.8 Å². The summed E-state index contributed by atoms with van der Waals surface area (Å²) in [6.45, 7) is -0.187. The van der Waals surface area contributed by atoms with Crippen LogP contribution in [0.15, 0.2) is 48.8 Å². The number of aromatic nitrogens is 3. The molecular formula is C24H26F3N7O3S. The molecule has 1 aromatic carbocycles. The number of halogens is 3. The second kappa shape index (κ2) is 10.8. The summed E-state index contributed by atoms with van der Waals surface area (Å²) in [5.41, 5.74) is 0.190. The number of sulfonamides is 1. The summed E-state index contributed by atoms with van der Waals surface area (Å²) >= 11 is 0. The molecule has 2 aromatic heterocycles. The molecule has 10 nitrogen and oxygen atoms in total. The number of carbonyl (C=O) groups excluding carboxylic acids is 1. The zero-order chi connectivity index (χ0) is 27.5. The maximum atomic E-state index is 13.7. The number of anilines is 4. The molecule has 0 spiro atoms. The second-order valence-electron chi connectivity index (χ2n) is 8.83. The Morgan fingerprint density at radius 2 is 1.84 bits per heavy atom. The lowest BCUT2D eigenvalue weighted by Gasteiger charge is -2.26. The smallest absolute Gasteiger partial charge is 0.365 e. The molecule has 3 aromatic rings. The molecule has 1 aliphatic carbocycles. The summed E-state index contributed by atoms with van der Waals surface area (Å²) < 4.78 is 65.8. The van der Waals surface area contributed by atoms with Gasteiger partial charge in [0.1, 0.15) is 17.2 Å². The maximum Gasteiger partial charge on any atom is 0.421 e. The lowest BCUT2D eigenvalue weighted by Crippen LogP contribution is -2.39. The van der Waals surface area contributed by atoms with Crippen LogP contribution in [-0.2, 0) is 22.7 Å². The maximum absolute atomic E-state index is 13.7. The van der Waals surface area contributed by atoms with Gasteiger partial charge in [-0.2, -0.15) is 18.2 Å². The van der Waals surface area contributed by atoms with Gasteiger partial charge in [0, 0.05) is 48.8 Å². The first kappa shape index (κ1) is 27.1. The standard InChI is InChI=1S/C24H26F3N7O3S/c1-34(38(2,36)37)21-16(5-4-12-28-21)13-29-20-19(24(25,26)27)14-30-23(33-20)32-18-10-8-15(9-11-18)22(35)31-17-6-3-7-17/h4-5,8-12,14,17H,3,6-7,13H2,1-2H3,(H,31,35)(H2,29,30,32,33). The van der Waals surface area contributed by atoms with E-state index in [0.29, 0.717) is 23.0 Å². The molecule has 0 saturated heterocycles. The van der Waals surface area contributed by atoms with Crippen molar-refractivity contribution < 1.29 is 26.4 Å². The largest absolute Gasteiger partial charge is 0.421 e. The number of carbonyl (C=O) groups is 1. The van der Waals surface area contributed by atoms with Crippen molar-refractivity contribution in [3.8, 4) is 0 Å². The number of alkyl halides is 3. The first-order valence-corrected chi connectivity index (χ1v) is 13.5. The third kappa shape index (κ3) is 6.49. The van der Waals surface area contributed by atoms with Crippen LogP contribution in [0, 0.1) is 0 Å². The number of hydrogen-bond acceptors (Lipinski definition) is 8. The predicted molar refractivity (Wildman–Crippen MR) is 137 cm³/mol. The van der Waals surface area contributed by atoms with Gasteiger partial charge in [0.2, 0.25) is 16.0 Å². The monoisotopic (exact) mass is 549 g/mol. The molecule has 0 aliphatic heterocycles. The predicted octanol–water partition coefficient (Wildman–Crippen LogP) is 3.92. The van der Waals surface area contributed by atoms with Gasteiger partial charge >= 0.3 is 6.18 Å². The molecule has 38 heavy (non-hydrogen) atoms. The van der Waals surface area contributed by atoms with E-state index in [4.69, 9.17) is 0 Å². The normalized spacial score (nSPS) is 13.9. The highest BCUT2D eigenvalue weighted by molar-refractivity contribution is 7.92. The molecule has 4 rings (SSSR count). The lowest BCUT2D eigenvalue weighted by molar-refractivity contribution is -0.137. The van der Waals surface area contributed by atoms with Crippen LogP contribution in [0.2, 0.25) is 0 Å². The van der Waals surface area contributed by atoms with Gasteiger partial charge in [-0.1, -0.05) is 6.07 Å². The number of pyridine rings is 1. The van der Waals surface area contributed by atoms with Crippen molar-refractivity contribution in [2.45, 2.75) is 38.0 Å². The summed E-state index contributed by atoms with van der Waals surface area (Å²) in [6, 6.07) is 9.70. The van der Waals surface area contributed by atoms with Crippen LogP contribution < -0.4 is 20.3 Å². The molecule has 0 unspecified atom stereocenters. The Bertz CT molecular complexity index is 1410. The van der Waals surface area contributed by atoms with Crippen molar-refractivity contribution in [1.29, 1.82) is 0 Å². The van der Waals surface area contributed by atoms with Crippen molar-refractivity contribution in [3.63, 3.8) is 0 Å². The minimum atomic E-state index is -4.74. The molecule has 1 aliphatic rings. The minimum Gasteiger partial charge on any atom is -0.365 e. The van der Waals surface area contributed by atoms with Gasteiger partial charge < -0.3 is 16.0 Å². The molecule has 1 fully saturated rings. The fraction of sp³-hybridized carbons (Fsp3) is 0.333. The molecule has 0 bridgehead atoms. The van der Waals surface area contributed by atoms with E-state index in [2.05, 4.69) is 30.9 Å². The van der Waals surface area contributed by atoms with Crippen LogP contribution in [0.1, 0.15) is 40.7 Å². The Balaban J connectivity index is 1.52. The highest BCUT2D eigenvalue weighted by Gasteiger charge is 2.35. The van der Waals surface area contributed by atoms with Gasteiger partial charge in [0.05, 0.1) is 6.26 Å². The molecule has 0 atom stereocenters. The summed E-state index contributed by atoms with van der Waals surface area (Å²) in [7, 11) is -2.34. The summed E-state index contributed by atoms with van der Waals surface area (Å²) in [6.07, 6.45) is 1.32. The molecule has 1 amide bonds. The SMILES string of the molecule is CN(c1ncccc1CNc1nc(Nc2ccc(C(=O)NC3CCC3)cc2)ncc1C(F)(F)F)S(C)(=O)=O. The summed E-state index contributed by atoms with van der Waals surface area (Å²) in [5, 5.41) is 8.41. The van der Waals surface area contributed by atoms with Crippen molar-refractivity contribution >= 4 is 39.2 Å². The van der Waals surface area contributed by atoms with Gasteiger partial charge in [0.15, 0.2) is 0 Å². The molecule has 2 heterocycles. The third-order valence-electron chi connectivity index (χ3n) is 6.05. The van der Waals surface area contributed by atoms with Crippen molar-refractivity contribution in [3.05, 3.63) is 65.5 Å². The number of rotatable bonds is 9. The van der Waals surface area contributed by atoms with E-state index >= 15 is 0 Å². The van der Waals surface area contributed by atoms with E-state index in [1.807, 2.05) is 0 Å². The van der Waals surface area contributed by atoms with Crippen LogP contribution >= 0.6 is 0 Å². The molecule has 202 valence electrons. The molecular weight excluding hydrogens is 523 g/mol. The number of amides is 1. The average Bonchev–Trinajstić information content (AvgIpc) is 2.84. The zero-order valence-corrected chi connectivity index (χ0v) is 21.4. The van der Waals surface area contributed by atoms with Crippen molar-refractivity contribution in [2.24, 2.45) is 0 Å². The van der Waals surface area contributed by atoms with Crippen molar-refractivity contribution in [1.82, 2.24) is 20.3 Å². The second-order valence-corrected chi connectivity index (χ2v) is 10.8. The van der Waals surface area contributed by atoms with Gasteiger partial charge in [-0.05, 0) is 49.6 Å². The Hall–Kier alpha value is -3.94. The number of nitrogens with zero attached hydrogens (tertiary/aromatic N) is 4. The first-order chi connectivity index (χ1) is 17.9. The lowest BCUT2D eigenvalue weighted by atomic mass is 9.93. The summed E-state index contributed by atoms with van der Waals surface area (Å²) in [5.74, 6) is -0.713. The van der Waals surface area contributed by atoms with Gasteiger partial charge in [-0.15, -0.1) is 0 Å². The first-order valence-electron chi connectivity index (χ1n) is 11.7. The average molecular weight is 550 g/mol. The zero-order valence-electron chi connectivity index (χ0n) is 20.6. The van der Waals surface area contributed by atoms with Crippen LogP contribution in [0.25, 0.3) is 0 Å². The number of nitrogens with one attached hydrogen (secondary N) is 3. The van der Waals surface area contributed by atoms with Gasteiger partial charge in [-0.3, -0.25) is 9.10 Å². The molecule has 3 N–H and O–H groups in total. The van der Waals surface area contributed by atoms with E-state index in [1.165, 1.54) is 13.2 Å². The van der Waals surface area contributed by atoms with E-state index in [1.54, 1.807) is 36.4 Å². The minimum absolute atomic E-state index is 0.0740. The van der Waals surface area contributed by atoms with Crippen LogP contribution in [0.4, 0.5) is 36.4 Å². The van der Waals surface area contributed by atoms with Gasteiger partial charge in [-0.25, -0.2) is 18.4 Å². The van der Waals surface area contributed by atoms with Crippen LogP contribution in [0.5, 0.6) is 0 Å².